The predicted molar refractivity (Wildman–Crippen MR) is 232 cm³/mol. The molecule has 0 amide bonds. The lowest BCUT2D eigenvalue weighted by Crippen LogP contribution is -2.01. The molecular weight excluding hydrogens is 699 g/mol. The Balaban J connectivity index is 1.13. The average Bonchev–Trinajstić information content (AvgIpc) is 3.93. The molecule has 0 radical (unpaired) electrons. The molecular formula is C51H31N5O. The van der Waals surface area contributed by atoms with Crippen LogP contribution in [-0.2, 0) is 0 Å². The van der Waals surface area contributed by atoms with Gasteiger partial charge in [-0.2, -0.15) is 0 Å². The number of nitrogens with zero attached hydrogens (tertiary/aromatic N) is 5. The van der Waals surface area contributed by atoms with Crippen LogP contribution in [0.2, 0.25) is 0 Å². The Morgan fingerprint density at radius 1 is 0.316 bits per heavy atom. The molecule has 0 aliphatic carbocycles. The number of rotatable bonds is 5. The molecule has 6 nitrogen and oxygen atoms in total. The highest BCUT2D eigenvalue weighted by atomic mass is 16.3. The molecule has 4 aromatic heterocycles. The molecule has 12 aromatic rings. The van der Waals surface area contributed by atoms with E-state index in [0.29, 0.717) is 17.5 Å². The van der Waals surface area contributed by atoms with Crippen molar-refractivity contribution in [3.63, 3.8) is 0 Å². The maximum Gasteiger partial charge on any atom is 0.164 e. The van der Waals surface area contributed by atoms with Gasteiger partial charge in [0.1, 0.15) is 11.2 Å². The highest BCUT2D eigenvalue weighted by molar-refractivity contribution is 6.30. The summed E-state index contributed by atoms with van der Waals surface area (Å²) in [6, 6.07) is 65.5. The number of aromatic nitrogens is 5. The first kappa shape index (κ1) is 31.5. The van der Waals surface area contributed by atoms with E-state index in [0.717, 1.165) is 77.5 Å². The van der Waals surface area contributed by atoms with Crippen LogP contribution in [-0.4, -0.2) is 24.1 Å². The van der Waals surface area contributed by atoms with E-state index in [9.17, 15) is 0 Å². The topological polar surface area (TPSA) is 61.7 Å². The fourth-order valence-corrected chi connectivity index (χ4v) is 8.64. The van der Waals surface area contributed by atoms with Gasteiger partial charge in [0.25, 0.3) is 0 Å². The molecule has 6 heteroatoms. The van der Waals surface area contributed by atoms with Gasteiger partial charge in [-0.05, 0) is 60.7 Å². The zero-order chi connectivity index (χ0) is 37.5. The van der Waals surface area contributed by atoms with Gasteiger partial charge < -0.3 is 13.6 Å². The Hall–Kier alpha value is -7.83. The Kier molecular flexibility index (Phi) is 6.83. The normalized spacial score (nSPS) is 11.9. The summed E-state index contributed by atoms with van der Waals surface area (Å²) >= 11 is 0. The molecule has 0 aliphatic rings. The summed E-state index contributed by atoms with van der Waals surface area (Å²) in [5, 5.41) is 6.94. The quantitative estimate of drug-likeness (QED) is 0.177. The van der Waals surface area contributed by atoms with Gasteiger partial charge >= 0.3 is 0 Å². The first-order valence-electron chi connectivity index (χ1n) is 19.1. The largest absolute Gasteiger partial charge is 0.456 e. The summed E-state index contributed by atoms with van der Waals surface area (Å²) in [7, 11) is 0. The van der Waals surface area contributed by atoms with Gasteiger partial charge in [-0.1, -0.05) is 127 Å². The average molecular weight is 730 g/mol. The molecule has 8 aromatic carbocycles. The third kappa shape index (κ3) is 4.87. The second kappa shape index (κ2) is 12.3. The van der Waals surface area contributed by atoms with Crippen LogP contribution in [0.4, 0.5) is 0 Å². The van der Waals surface area contributed by atoms with E-state index >= 15 is 0 Å². The maximum atomic E-state index is 6.50. The minimum absolute atomic E-state index is 0.619. The third-order valence-electron chi connectivity index (χ3n) is 11.1. The molecule has 0 saturated carbocycles. The molecule has 0 fully saturated rings. The maximum absolute atomic E-state index is 6.50. The van der Waals surface area contributed by atoms with Gasteiger partial charge in [0.2, 0.25) is 0 Å². The zero-order valence-corrected chi connectivity index (χ0v) is 30.5. The van der Waals surface area contributed by atoms with E-state index in [1.165, 1.54) is 16.2 Å². The first-order valence-corrected chi connectivity index (χ1v) is 19.1. The van der Waals surface area contributed by atoms with Crippen molar-refractivity contribution in [2.45, 2.75) is 0 Å². The molecule has 0 bridgehead atoms. The Labute approximate surface area is 326 Å². The monoisotopic (exact) mass is 729 g/mol. The molecule has 57 heavy (non-hydrogen) atoms. The van der Waals surface area contributed by atoms with Gasteiger partial charge in [0.05, 0.1) is 22.1 Å². The molecule has 266 valence electrons. The number of fused-ring (bicyclic) bond motifs is 10. The summed E-state index contributed by atoms with van der Waals surface area (Å²) in [6.07, 6.45) is 0. The Bertz CT molecular complexity index is 3450. The van der Waals surface area contributed by atoms with Crippen LogP contribution in [0.1, 0.15) is 0 Å². The molecule has 12 rings (SSSR count). The highest BCUT2D eigenvalue weighted by Gasteiger charge is 2.23. The lowest BCUT2D eigenvalue weighted by atomic mass is 10.0. The zero-order valence-electron chi connectivity index (χ0n) is 30.5. The molecule has 0 spiro atoms. The van der Waals surface area contributed by atoms with E-state index < -0.39 is 0 Å². The van der Waals surface area contributed by atoms with E-state index in [2.05, 4.69) is 124 Å². The molecule has 0 atom stereocenters. The van der Waals surface area contributed by atoms with E-state index in [-0.39, 0.29) is 0 Å². The van der Waals surface area contributed by atoms with Gasteiger partial charge in [-0.3, -0.25) is 0 Å². The van der Waals surface area contributed by atoms with E-state index in [4.69, 9.17) is 19.4 Å². The fraction of sp³-hybridized carbons (Fsp3) is 0. The van der Waals surface area contributed by atoms with Crippen molar-refractivity contribution in [3.05, 3.63) is 188 Å². The Morgan fingerprint density at radius 2 is 0.842 bits per heavy atom. The van der Waals surface area contributed by atoms with Crippen molar-refractivity contribution >= 4 is 65.6 Å². The summed E-state index contributed by atoms with van der Waals surface area (Å²) < 4.78 is 11.3. The van der Waals surface area contributed by atoms with Crippen molar-refractivity contribution in [3.8, 4) is 45.5 Å². The van der Waals surface area contributed by atoms with E-state index in [1.807, 2.05) is 72.8 Å². The number of hydrogen-bond acceptors (Lipinski definition) is 4. The van der Waals surface area contributed by atoms with Crippen molar-refractivity contribution in [2.24, 2.45) is 0 Å². The van der Waals surface area contributed by atoms with Crippen LogP contribution in [0.25, 0.3) is 111 Å². The predicted octanol–water partition coefficient (Wildman–Crippen LogP) is 13.0. The van der Waals surface area contributed by atoms with Crippen LogP contribution >= 0.6 is 0 Å². The standard InChI is InChI=1S/C51H31N5O/c1-4-15-32(16-5-1)49-52-50(33-17-6-2-7-18-33)54-51(53-49)34-19-14-22-36(29-34)56-41-25-12-10-24-38(41)47-42(56)27-28-43-48(47)40-31-46-39(37-23-11-13-26-45(37)57-46)30-44(40)55(43)35-20-8-3-9-21-35/h1-31H. The lowest BCUT2D eigenvalue weighted by molar-refractivity contribution is 0.669. The minimum Gasteiger partial charge on any atom is -0.456 e. The second-order valence-corrected chi connectivity index (χ2v) is 14.4. The minimum atomic E-state index is 0.619. The summed E-state index contributed by atoms with van der Waals surface area (Å²) in [5.74, 6) is 1.89. The van der Waals surface area contributed by atoms with Gasteiger partial charge in [-0.25, -0.2) is 15.0 Å². The van der Waals surface area contributed by atoms with Crippen LogP contribution in [0.3, 0.4) is 0 Å². The first-order chi connectivity index (χ1) is 28.3. The summed E-state index contributed by atoms with van der Waals surface area (Å²) in [6.45, 7) is 0. The van der Waals surface area contributed by atoms with Gasteiger partial charge in [0.15, 0.2) is 17.5 Å². The molecule has 0 N–H and O–H groups in total. The number of para-hydroxylation sites is 3. The molecule has 0 unspecified atom stereocenters. The number of furan rings is 1. The van der Waals surface area contributed by atoms with Crippen LogP contribution in [0, 0.1) is 0 Å². The Morgan fingerprint density at radius 3 is 1.54 bits per heavy atom. The van der Waals surface area contributed by atoms with E-state index in [1.54, 1.807) is 0 Å². The number of benzene rings is 8. The van der Waals surface area contributed by atoms with Crippen molar-refractivity contribution in [1.29, 1.82) is 0 Å². The molecule has 0 aliphatic heterocycles. The van der Waals surface area contributed by atoms with Crippen molar-refractivity contribution < 1.29 is 4.42 Å². The molecule has 0 saturated heterocycles. The van der Waals surface area contributed by atoms with Gasteiger partial charge in [-0.15, -0.1) is 0 Å². The van der Waals surface area contributed by atoms with Gasteiger partial charge in [0, 0.05) is 60.4 Å². The second-order valence-electron chi connectivity index (χ2n) is 14.4. The summed E-state index contributed by atoms with van der Waals surface area (Å²) in [4.78, 5) is 15.0. The third-order valence-corrected chi connectivity index (χ3v) is 11.1. The SMILES string of the molecule is c1ccc(-c2nc(-c3ccccc3)nc(-c3cccc(-n4c5ccccc5c5c6c7cc8oc9ccccc9c8cc7n(-c7ccccc7)c6ccc54)c3)n2)cc1. The lowest BCUT2D eigenvalue weighted by Gasteiger charge is -2.12. The smallest absolute Gasteiger partial charge is 0.164 e. The summed E-state index contributed by atoms with van der Waals surface area (Å²) in [5.41, 5.74) is 11.2. The van der Waals surface area contributed by atoms with Crippen molar-refractivity contribution in [2.75, 3.05) is 0 Å². The van der Waals surface area contributed by atoms with Crippen LogP contribution < -0.4 is 0 Å². The van der Waals surface area contributed by atoms with Crippen LogP contribution in [0.5, 0.6) is 0 Å². The fourth-order valence-electron chi connectivity index (χ4n) is 8.64. The highest BCUT2D eigenvalue weighted by Crippen LogP contribution is 2.44. The number of hydrogen-bond donors (Lipinski definition) is 0. The van der Waals surface area contributed by atoms with Crippen LogP contribution in [0.15, 0.2) is 192 Å². The van der Waals surface area contributed by atoms with Crippen molar-refractivity contribution in [1.82, 2.24) is 24.1 Å². The molecule has 4 heterocycles.